The molecule has 0 fully saturated rings. The fourth-order valence-corrected chi connectivity index (χ4v) is 4.87. The van der Waals surface area contributed by atoms with Gasteiger partial charge in [0, 0.05) is 11.6 Å². The molecule has 1 unspecified atom stereocenters. The van der Waals surface area contributed by atoms with Crippen molar-refractivity contribution in [3.05, 3.63) is 131 Å². The Morgan fingerprint density at radius 2 is 1.31 bits per heavy atom. The van der Waals surface area contributed by atoms with E-state index in [-0.39, 0.29) is 5.41 Å². The maximum absolute atomic E-state index is 6.29. The van der Waals surface area contributed by atoms with Crippen LogP contribution in [-0.4, -0.2) is 0 Å². The van der Waals surface area contributed by atoms with Gasteiger partial charge in [0.25, 0.3) is 0 Å². The molecule has 2 N–H and O–H groups in total. The zero-order chi connectivity index (χ0) is 17.6. The van der Waals surface area contributed by atoms with Crippen molar-refractivity contribution < 1.29 is 0 Å². The highest BCUT2D eigenvalue weighted by atomic mass is 14.6. The molecule has 1 atom stereocenters. The van der Waals surface area contributed by atoms with Gasteiger partial charge in [-0.3, -0.25) is 0 Å². The molecule has 2 aliphatic carbocycles. The number of nitrogens with two attached hydrogens (primary N) is 1. The Hall–Kier alpha value is -3.06. The minimum Gasteiger partial charge on any atom is -0.399 e. The van der Waals surface area contributed by atoms with E-state index in [1.54, 1.807) is 0 Å². The average Bonchev–Trinajstić information content (AvgIpc) is 3.00. The van der Waals surface area contributed by atoms with Crippen molar-refractivity contribution in [2.45, 2.75) is 17.8 Å². The van der Waals surface area contributed by atoms with Crippen molar-refractivity contribution in [2.24, 2.45) is 5.73 Å². The second kappa shape index (κ2) is 5.74. The third-order valence-corrected chi connectivity index (χ3v) is 5.87. The predicted octanol–water partition coefficient (Wildman–Crippen LogP) is 5.29. The molecule has 26 heavy (non-hydrogen) atoms. The van der Waals surface area contributed by atoms with Crippen LogP contribution in [-0.2, 0) is 5.41 Å². The van der Waals surface area contributed by atoms with Crippen LogP contribution in [0.25, 0.3) is 0 Å². The molecule has 0 aromatic heterocycles. The van der Waals surface area contributed by atoms with Crippen LogP contribution >= 0.6 is 0 Å². The van der Waals surface area contributed by atoms with E-state index in [2.05, 4.69) is 97.1 Å². The summed E-state index contributed by atoms with van der Waals surface area (Å²) in [4.78, 5) is 0. The topological polar surface area (TPSA) is 26.0 Å². The smallest absolute Gasteiger partial charge is 0.0674 e. The summed E-state index contributed by atoms with van der Waals surface area (Å²) in [7, 11) is 0. The molecule has 0 spiro atoms. The van der Waals surface area contributed by atoms with E-state index in [1.807, 2.05) is 0 Å². The van der Waals surface area contributed by atoms with Crippen LogP contribution in [0.4, 0.5) is 0 Å². The van der Waals surface area contributed by atoms with Gasteiger partial charge in [-0.05, 0) is 40.3 Å². The molecule has 0 bridgehead atoms. The van der Waals surface area contributed by atoms with E-state index in [0.29, 0.717) is 5.92 Å². The number of hydrogen-bond donors (Lipinski definition) is 1. The van der Waals surface area contributed by atoms with Crippen molar-refractivity contribution in [1.29, 1.82) is 0 Å². The van der Waals surface area contributed by atoms with E-state index in [1.165, 1.54) is 27.8 Å². The van der Waals surface area contributed by atoms with Crippen LogP contribution in [0.2, 0.25) is 0 Å². The lowest BCUT2D eigenvalue weighted by molar-refractivity contribution is 0.688. The molecular weight excluding hydrogens is 314 g/mol. The van der Waals surface area contributed by atoms with Crippen LogP contribution in [0.1, 0.15) is 34.6 Å². The lowest BCUT2D eigenvalue weighted by atomic mass is 9.66. The van der Waals surface area contributed by atoms with Gasteiger partial charge in [0.1, 0.15) is 0 Å². The molecule has 1 nitrogen and oxygen atoms in total. The molecule has 0 saturated carbocycles. The largest absolute Gasteiger partial charge is 0.399 e. The van der Waals surface area contributed by atoms with Gasteiger partial charge in [0.15, 0.2) is 0 Å². The van der Waals surface area contributed by atoms with Gasteiger partial charge in [-0.15, -0.1) is 0 Å². The van der Waals surface area contributed by atoms with Crippen LogP contribution in [0.15, 0.2) is 108 Å². The third-order valence-electron chi connectivity index (χ3n) is 5.87. The highest BCUT2D eigenvalue weighted by molar-refractivity contribution is 5.69. The Balaban J connectivity index is 1.93. The van der Waals surface area contributed by atoms with Gasteiger partial charge in [-0.1, -0.05) is 91.0 Å². The molecule has 0 radical (unpaired) electrons. The maximum Gasteiger partial charge on any atom is 0.0674 e. The van der Waals surface area contributed by atoms with Crippen molar-refractivity contribution in [3.8, 4) is 0 Å². The average molecular weight is 335 g/mol. The Morgan fingerprint density at radius 1 is 0.731 bits per heavy atom. The van der Waals surface area contributed by atoms with E-state index in [4.69, 9.17) is 5.73 Å². The molecule has 0 saturated heterocycles. The van der Waals surface area contributed by atoms with E-state index in [9.17, 15) is 0 Å². The maximum atomic E-state index is 6.29. The molecular formula is C25H21N. The number of hydrogen-bond acceptors (Lipinski definition) is 1. The Bertz CT molecular complexity index is 973. The summed E-state index contributed by atoms with van der Waals surface area (Å²) >= 11 is 0. The molecule has 0 amide bonds. The van der Waals surface area contributed by atoms with Gasteiger partial charge >= 0.3 is 0 Å². The molecule has 3 aromatic rings. The fourth-order valence-electron chi connectivity index (χ4n) is 4.87. The molecule has 3 aromatic carbocycles. The van der Waals surface area contributed by atoms with Gasteiger partial charge in [0.2, 0.25) is 0 Å². The molecule has 5 rings (SSSR count). The minimum atomic E-state index is -0.275. The van der Waals surface area contributed by atoms with Crippen molar-refractivity contribution in [3.63, 3.8) is 0 Å². The first-order valence-corrected chi connectivity index (χ1v) is 9.20. The second-order valence-electron chi connectivity index (χ2n) is 7.16. The molecule has 0 aliphatic heterocycles. The summed E-state index contributed by atoms with van der Waals surface area (Å²) in [5.74, 6) is 0.388. The minimum absolute atomic E-state index is 0.275. The van der Waals surface area contributed by atoms with Gasteiger partial charge < -0.3 is 5.73 Å². The first kappa shape index (κ1) is 15.2. The van der Waals surface area contributed by atoms with Crippen LogP contribution in [0.3, 0.4) is 0 Å². The summed E-state index contributed by atoms with van der Waals surface area (Å²) in [5.41, 5.74) is 13.7. The van der Waals surface area contributed by atoms with Crippen LogP contribution < -0.4 is 5.73 Å². The number of rotatable bonds is 2. The summed E-state index contributed by atoms with van der Waals surface area (Å²) in [6.45, 7) is 0. The number of fused-ring (bicyclic) bond motifs is 3. The van der Waals surface area contributed by atoms with Crippen LogP contribution in [0, 0.1) is 0 Å². The highest BCUT2D eigenvalue weighted by Gasteiger charge is 2.50. The fraction of sp³-hybridized carbons (Fsp3) is 0.120. The number of benzene rings is 3. The van der Waals surface area contributed by atoms with Crippen molar-refractivity contribution in [2.75, 3.05) is 0 Å². The van der Waals surface area contributed by atoms with E-state index < -0.39 is 0 Å². The molecule has 2 aliphatic rings. The summed E-state index contributed by atoms with van der Waals surface area (Å²) in [6.07, 6.45) is 5.35. The first-order valence-electron chi connectivity index (χ1n) is 9.20. The lowest BCUT2D eigenvalue weighted by Gasteiger charge is -2.36. The van der Waals surface area contributed by atoms with E-state index >= 15 is 0 Å². The third kappa shape index (κ3) is 1.97. The molecule has 126 valence electrons. The van der Waals surface area contributed by atoms with Gasteiger partial charge in [-0.2, -0.15) is 0 Å². The summed E-state index contributed by atoms with van der Waals surface area (Å²) in [5, 5.41) is 0. The quantitative estimate of drug-likeness (QED) is 0.676. The lowest BCUT2D eigenvalue weighted by Crippen LogP contribution is -2.30. The Kier molecular flexibility index (Phi) is 3.36. The van der Waals surface area contributed by atoms with E-state index in [0.717, 1.165) is 12.1 Å². The SMILES string of the molecule is NC1=CCC2C(=C1)C(c1ccccc1)(c1ccccc1)c1ccccc12. The monoisotopic (exact) mass is 335 g/mol. The second-order valence-corrected chi connectivity index (χ2v) is 7.16. The normalized spacial score (nSPS) is 19.9. The Morgan fingerprint density at radius 3 is 1.96 bits per heavy atom. The molecule has 1 heteroatoms. The predicted molar refractivity (Wildman–Crippen MR) is 107 cm³/mol. The standard InChI is InChI=1S/C25H21N/c26-20-15-16-22-21-13-7-8-14-23(21)25(24(22)17-20,18-9-3-1-4-10-18)19-11-5-2-6-12-19/h1-15,17,22H,16,26H2. The van der Waals surface area contributed by atoms with Crippen molar-refractivity contribution in [1.82, 2.24) is 0 Å². The Labute approximate surface area is 154 Å². The summed E-state index contributed by atoms with van der Waals surface area (Å²) < 4.78 is 0. The summed E-state index contributed by atoms with van der Waals surface area (Å²) in [6, 6.07) is 30.6. The zero-order valence-corrected chi connectivity index (χ0v) is 14.6. The van der Waals surface area contributed by atoms with Crippen LogP contribution in [0.5, 0.6) is 0 Å². The van der Waals surface area contributed by atoms with Gasteiger partial charge in [-0.25, -0.2) is 0 Å². The van der Waals surface area contributed by atoms with Crippen molar-refractivity contribution >= 4 is 0 Å². The molecule has 0 heterocycles. The first-order chi connectivity index (χ1) is 12.8. The highest BCUT2D eigenvalue weighted by Crippen LogP contribution is 2.59. The number of allylic oxidation sites excluding steroid dienone is 3. The zero-order valence-electron chi connectivity index (χ0n) is 14.6. The van der Waals surface area contributed by atoms with Gasteiger partial charge in [0.05, 0.1) is 5.41 Å².